The molecule has 1 aliphatic heterocycles. The van der Waals surface area contributed by atoms with Crippen LogP contribution in [0.15, 0.2) is 72.9 Å². The van der Waals surface area contributed by atoms with Crippen LogP contribution in [-0.2, 0) is 30.5 Å². The van der Waals surface area contributed by atoms with Crippen molar-refractivity contribution in [2.75, 3.05) is 26.2 Å². The summed E-state index contributed by atoms with van der Waals surface area (Å²) in [6, 6.07) is 18.2. The molecule has 43 heavy (non-hydrogen) atoms. The predicted octanol–water partition coefficient (Wildman–Crippen LogP) is 3.27. The maximum absolute atomic E-state index is 13.7. The molecule has 5 rings (SSSR count). The van der Waals surface area contributed by atoms with E-state index < -0.39 is 36.3 Å². The fourth-order valence-corrected chi connectivity index (χ4v) is 5.39. The first kappa shape index (κ1) is 30.0. The second-order valence-corrected chi connectivity index (χ2v) is 10.3. The Morgan fingerprint density at radius 3 is 2.42 bits per heavy atom. The smallest absolute Gasteiger partial charge is 0.435 e. The molecule has 0 unspecified atom stereocenters. The largest absolute Gasteiger partial charge is 0.489 e. The summed E-state index contributed by atoms with van der Waals surface area (Å²) in [5.74, 6) is -1.21. The predicted molar refractivity (Wildman–Crippen MR) is 150 cm³/mol. The molecule has 3 heterocycles. The number of carbonyl (C=O) groups excluding carboxylic acids is 2. The van der Waals surface area contributed by atoms with Crippen LogP contribution in [0, 0.1) is 0 Å². The van der Waals surface area contributed by atoms with Crippen LogP contribution in [0.3, 0.4) is 0 Å². The number of amides is 2. The van der Waals surface area contributed by atoms with Gasteiger partial charge in [0.05, 0.1) is 11.6 Å². The Balaban J connectivity index is 1.34. The number of halogens is 3. The van der Waals surface area contributed by atoms with E-state index in [1.54, 1.807) is 17.6 Å². The van der Waals surface area contributed by atoms with Gasteiger partial charge in [0.15, 0.2) is 5.69 Å². The molecule has 0 saturated carbocycles. The molecule has 1 atom stereocenters. The Kier molecular flexibility index (Phi) is 8.94. The minimum Gasteiger partial charge on any atom is -0.489 e. The Morgan fingerprint density at radius 1 is 1.02 bits per heavy atom. The highest BCUT2D eigenvalue weighted by molar-refractivity contribution is 5.95. The normalized spacial score (nSPS) is 15.3. The van der Waals surface area contributed by atoms with Crippen molar-refractivity contribution in [3.8, 4) is 5.75 Å². The number of hydroxylamine groups is 1. The molecule has 1 aliphatic rings. The Morgan fingerprint density at radius 2 is 1.74 bits per heavy atom. The number of hydrogen-bond donors (Lipinski definition) is 3. The highest BCUT2D eigenvalue weighted by atomic mass is 19.4. The molecule has 0 spiro atoms. The van der Waals surface area contributed by atoms with Crippen LogP contribution >= 0.6 is 0 Å². The molecule has 0 bridgehead atoms. The fraction of sp³-hybridized carbons (Fsp3) is 0.300. The molecule has 1 saturated heterocycles. The van der Waals surface area contributed by atoms with Crippen molar-refractivity contribution < 1.29 is 32.7 Å². The standard InChI is InChI=1S/C30H31F3N6O4/c31-30(32,33)27-24(25-8-4-5-11-39(25)35-27)19-43-22-9-10-23(28(34)40)21(16-22)17-26(29(41)36-42)38-14-12-37(13-15-38)18-20-6-2-1-3-7-20/h1-11,16,26,42H,12-15,17-19H2,(H2,34,40)(H,36,41)/t26-/m0/s1. The van der Waals surface area contributed by atoms with Gasteiger partial charge in [0.25, 0.3) is 5.91 Å². The zero-order valence-electron chi connectivity index (χ0n) is 23.1. The molecule has 13 heteroatoms. The van der Waals surface area contributed by atoms with Crippen molar-refractivity contribution in [1.29, 1.82) is 0 Å². The van der Waals surface area contributed by atoms with Crippen molar-refractivity contribution in [2.24, 2.45) is 5.73 Å². The third-order valence-electron chi connectivity index (χ3n) is 7.56. The van der Waals surface area contributed by atoms with E-state index in [1.165, 1.54) is 36.0 Å². The number of nitrogens with one attached hydrogen (secondary N) is 1. The van der Waals surface area contributed by atoms with E-state index in [2.05, 4.69) is 10.00 Å². The summed E-state index contributed by atoms with van der Waals surface area (Å²) in [5, 5.41) is 13.2. The maximum atomic E-state index is 13.7. The van der Waals surface area contributed by atoms with Crippen LogP contribution < -0.4 is 16.0 Å². The summed E-state index contributed by atoms with van der Waals surface area (Å²) in [6.45, 7) is 2.74. The zero-order valence-corrected chi connectivity index (χ0v) is 23.1. The van der Waals surface area contributed by atoms with Crippen molar-refractivity contribution in [3.63, 3.8) is 0 Å². The summed E-state index contributed by atoms with van der Waals surface area (Å²) in [7, 11) is 0. The average Bonchev–Trinajstić information content (AvgIpc) is 3.39. The minimum atomic E-state index is -4.69. The van der Waals surface area contributed by atoms with E-state index >= 15 is 0 Å². The summed E-state index contributed by atoms with van der Waals surface area (Å²) >= 11 is 0. The number of nitrogens with two attached hydrogens (primary N) is 1. The Hall–Kier alpha value is -4.46. The van der Waals surface area contributed by atoms with Gasteiger partial charge >= 0.3 is 6.18 Å². The number of primary amides is 1. The van der Waals surface area contributed by atoms with Crippen LogP contribution in [0.5, 0.6) is 5.75 Å². The molecular weight excluding hydrogens is 565 g/mol. The van der Waals surface area contributed by atoms with Gasteiger partial charge in [-0.25, -0.2) is 10.00 Å². The summed E-state index contributed by atoms with van der Waals surface area (Å²) < 4.78 is 48.1. The number of carbonyl (C=O) groups is 2. The molecule has 0 radical (unpaired) electrons. The number of ether oxygens (including phenoxy) is 1. The van der Waals surface area contributed by atoms with Gasteiger partial charge in [0.1, 0.15) is 12.4 Å². The number of rotatable bonds is 10. The zero-order chi connectivity index (χ0) is 30.6. The third-order valence-corrected chi connectivity index (χ3v) is 7.56. The monoisotopic (exact) mass is 596 g/mol. The minimum absolute atomic E-state index is 0.00503. The second-order valence-electron chi connectivity index (χ2n) is 10.3. The third kappa shape index (κ3) is 6.96. The fourth-order valence-electron chi connectivity index (χ4n) is 5.39. The molecule has 4 N–H and O–H groups in total. The molecule has 10 nitrogen and oxygen atoms in total. The maximum Gasteiger partial charge on any atom is 0.435 e. The number of piperazine rings is 1. The molecule has 226 valence electrons. The lowest BCUT2D eigenvalue weighted by molar-refractivity contribution is -0.142. The first-order chi connectivity index (χ1) is 20.6. The van der Waals surface area contributed by atoms with Gasteiger partial charge in [-0.05, 0) is 47.9 Å². The van der Waals surface area contributed by atoms with Gasteiger partial charge in [-0.2, -0.15) is 18.3 Å². The number of aromatic nitrogens is 2. The van der Waals surface area contributed by atoms with E-state index in [0.717, 1.165) is 11.1 Å². The highest BCUT2D eigenvalue weighted by Gasteiger charge is 2.38. The van der Waals surface area contributed by atoms with Crippen molar-refractivity contribution >= 4 is 17.3 Å². The van der Waals surface area contributed by atoms with Crippen LogP contribution in [0.1, 0.15) is 32.7 Å². The van der Waals surface area contributed by atoms with Gasteiger partial charge in [0, 0.05) is 50.0 Å². The first-order valence-corrected chi connectivity index (χ1v) is 13.7. The van der Waals surface area contributed by atoms with Gasteiger partial charge in [-0.3, -0.25) is 24.6 Å². The van der Waals surface area contributed by atoms with Crippen molar-refractivity contribution in [2.45, 2.75) is 31.8 Å². The number of pyridine rings is 1. The Labute approximate surface area is 245 Å². The van der Waals surface area contributed by atoms with E-state index in [4.69, 9.17) is 10.5 Å². The molecule has 2 amide bonds. The average molecular weight is 597 g/mol. The second kappa shape index (κ2) is 12.8. The highest BCUT2D eigenvalue weighted by Crippen LogP contribution is 2.34. The quantitative estimate of drug-likeness (QED) is 0.190. The SMILES string of the molecule is NC(=O)c1ccc(OCc2c(C(F)(F)F)nn3ccccc23)cc1C[C@@H](C(=O)NO)N1CCN(Cc2ccccc2)CC1. The van der Waals surface area contributed by atoms with Gasteiger partial charge < -0.3 is 10.5 Å². The van der Waals surface area contributed by atoms with E-state index in [0.29, 0.717) is 31.7 Å². The topological polar surface area (TPSA) is 125 Å². The number of nitrogens with zero attached hydrogens (tertiary/aromatic N) is 4. The van der Waals surface area contributed by atoms with E-state index in [-0.39, 0.29) is 28.8 Å². The summed E-state index contributed by atoms with van der Waals surface area (Å²) in [6.07, 6.45) is -3.27. The van der Waals surface area contributed by atoms with Crippen LogP contribution in [0.25, 0.3) is 5.52 Å². The van der Waals surface area contributed by atoms with E-state index in [1.807, 2.05) is 35.2 Å². The van der Waals surface area contributed by atoms with Gasteiger partial charge in [-0.15, -0.1) is 0 Å². The lowest BCUT2D eigenvalue weighted by Crippen LogP contribution is -2.55. The van der Waals surface area contributed by atoms with Gasteiger partial charge in [-0.1, -0.05) is 36.4 Å². The molecule has 2 aromatic carbocycles. The Bertz CT molecular complexity index is 1590. The molecule has 0 aliphatic carbocycles. The van der Waals surface area contributed by atoms with Crippen LogP contribution in [0.2, 0.25) is 0 Å². The number of alkyl halides is 3. The number of fused-ring (bicyclic) bond motifs is 1. The van der Waals surface area contributed by atoms with Crippen molar-refractivity contribution in [1.82, 2.24) is 24.9 Å². The van der Waals surface area contributed by atoms with E-state index in [9.17, 15) is 28.0 Å². The lowest BCUT2D eigenvalue weighted by Gasteiger charge is -2.38. The van der Waals surface area contributed by atoms with Crippen LogP contribution in [-0.4, -0.2) is 68.7 Å². The first-order valence-electron chi connectivity index (χ1n) is 13.7. The lowest BCUT2D eigenvalue weighted by atomic mass is 9.97. The van der Waals surface area contributed by atoms with Gasteiger partial charge in [0.2, 0.25) is 5.91 Å². The molecular formula is C30H31F3N6O4. The number of hydrogen-bond acceptors (Lipinski definition) is 7. The number of benzene rings is 2. The summed E-state index contributed by atoms with van der Waals surface area (Å²) in [5.41, 5.74) is 8.06. The summed E-state index contributed by atoms with van der Waals surface area (Å²) in [4.78, 5) is 29.3. The van der Waals surface area contributed by atoms with Crippen molar-refractivity contribution in [3.05, 3.63) is 101 Å². The van der Waals surface area contributed by atoms with Crippen LogP contribution in [0.4, 0.5) is 13.2 Å². The molecule has 2 aromatic heterocycles. The molecule has 1 fully saturated rings. The molecule has 4 aromatic rings.